The Bertz CT molecular complexity index is 482. The number of aromatic nitrogens is 1. The number of thiophene rings is 1. The van der Waals surface area contributed by atoms with Crippen molar-refractivity contribution in [1.82, 2.24) is 4.98 Å². The molecule has 0 spiro atoms. The fourth-order valence-corrected chi connectivity index (χ4v) is 2.80. The molecule has 0 aromatic carbocycles. The van der Waals surface area contributed by atoms with Gasteiger partial charge in [0.05, 0.1) is 0 Å². The minimum Gasteiger partial charge on any atom is -0.477 e. The summed E-state index contributed by atoms with van der Waals surface area (Å²) in [5.74, 6) is -0.134. The van der Waals surface area contributed by atoms with Crippen LogP contribution in [0.4, 0.5) is 0 Å². The topological polar surface area (TPSA) is 50.2 Å². The average molecular weight is 251 g/mol. The summed E-state index contributed by atoms with van der Waals surface area (Å²) in [7, 11) is 0. The second-order valence-electron chi connectivity index (χ2n) is 3.10. The molecule has 3 nitrogen and oxygen atoms in total. The lowest BCUT2D eigenvalue weighted by Gasteiger charge is -2.00. The summed E-state index contributed by atoms with van der Waals surface area (Å²) >= 11 is 3.28. The van der Waals surface area contributed by atoms with E-state index in [0.29, 0.717) is 0 Å². The van der Waals surface area contributed by atoms with Gasteiger partial charge in [-0.25, -0.2) is 9.78 Å². The highest BCUT2D eigenvalue weighted by atomic mass is 32.2. The Morgan fingerprint density at radius 2 is 2.38 bits per heavy atom. The maximum atomic E-state index is 10.7. The molecule has 0 atom stereocenters. The van der Waals surface area contributed by atoms with E-state index in [9.17, 15) is 4.79 Å². The van der Waals surface area contributed by atoms with Crippen LogP contribution in [0.1, 0.15) is 16.1 Å². The van der Waals surface area contributed by atoms with E-state index in [1.807, 2.05) is 11.4 Å². The molecule has 0 fully saturated rings. The fourth-order valence-electron chi connectivity index (χ4n) is 1.16. The Morgan fingerprint density at radius 3 is 3.06 bits per heavy atom. The van der Waals surface area contributed by atoms with Crippen LogP contribution in [0.2, 0.25) is 0 Å². The lowest BCUT2D eigenvalue weighted by Crippen LogP contribution is -1.99. The Balaban J connectivity index is 2.04. The monoisotopic (exact) mass is 251 g/mol. The van der Waals surface area contributed by atoms with Gasteiger partial charge in [-0.05, 0) is 34.5 Å². The number of carbonyl (C=O) groups is 1. The van der Waals surface area contributed by atoms with E-state index in [1.165, 1.54) is 11.8 Å². The van der Waals surface area contributed by atoms with Crippen LogP contribution >= 0.6 is 23.1 Å². The van der Waals surface area contributed by atoms with Gasteiger partial charge in [-0.15, -0.1) is 11.8 Å². The lowest BCUT2D eigenvalue weighted by molar-refractivity contribution is 0.0690. The van der Waals surface area contributed by atoms with Crippen molar-refractivity contribution in [2.45, 2.75) is 10.6 Å². The van der Waals surface area contributed by atoms with Crippen LogP contribution in [-0.2, 0) is 5.75 Å². The zero-order valence-corrected chi connectivity index (χ0v) is 9.92. The highest BCUT2D eigenvalue weighted by Gasteiger charge is 2.05. The molecule has 0 unspecified atom stereocenters. The van der Waals surface area contributed by atoms with Crippen molar-refractivity contribution in [3.05, 3.63) is 46.4 Å². The first-order valence-corrected chi connectivity index (χ1v) is 6.52. The van der Waals surface area contributed by atoms with Crippen LogP contribution < -0.4 is 0 Å². The zero-order valence-electron chi connectivity index (χ0n) is 8.29. The largest absolute Gasteiger partial charge is 0.477 e. The Morgan fingerprint density at radius 1 is 1.50 bits per heavy atom. The van der Waals surface area contributed by atoms with Gasteiger partial charge < -0.3 is 5.11 Å². The number of rotatable bonds is 4. The minimum atomic E-state index is -0.988. The molecular weight excluding hydrogens is 242 g/mol. The number of thioether (sulfide) groups is 1. The van der Waals surface area contributed by atoms with E-state index in [4.69, 9.17) is 5.11 Å². The predicted octanol–water partition coefficient (Wildman–Crippen LogP) is 3.13. The van der Waals surface area contributed by atoms with Crippen LogP contribution in [0.25, 0.3) is 0 Å². The molecule has 0 saturated heterocycles. The summed E-state index contributed by atoms with van der Waals surface area (Å²) in [6.07, 6.45) is 1.53. The Labute approximate surface area is 101 Å². The molecule has 0 amide bonds. The van der Waals surface area contributed by atoms with Crippen molar-refractivity contribution in [1.29, 1.82) is 0 Å². The molecule has 0 bridgehead atoms. The van der Waals surface area contributed by atoms with Crippen molar-refractivity contribution in [3.8, 4) is 0 Å². The van der Waals surface area contributed by atoms with E-state index < -0.39 is 5.97 Å². The van der Waals surface area contributed by atoms with Crippen molar-refractivity contribution in [3.63, 3.8) is 0 Å². The predicted molar refractivity (Wildman–Crippen MR) is 65.1 cm³/mol. The molecule has 0 saturated carbocycles. The Kier molecular flexibility index (Phi) is 3.58. The minimum absolute atomic E-state index is 0.0929. The molecule has 1 N–H and O–H groups in total. The average Bonchev–Trinajstić information content (AvgIpc) is 2.79. The van der Waals surface area contributed by atoms with Crippen LogP contribution in [0, 0.1) is 0 Å². The van der Waals surface area contributed by atoms with Gasteiger partial charge in [-0.2, -0.15) is 11.3 Å². The van der Waals surface area contributed by atoms with Crippen molar-refractivity contribution in [2.24, 2.45) is 0 Å². The molecule has 0 aliphatic carbocycles. The number of pyridine rings is 1. The number of nitrogens with zero attached hydrogens (tertiary/aromatic N) is 1. The summed E-state index contributed by atoms with van der Waals surface area (Å²) in [6, 6.07) is 5.49. The normalized spacial score (nSPS) is 10.2. The third-order valence-corrected chi connectivity index (χ3v) is 3.73. The molecule has 0 aliphatic heterocycles. The number of hydrogen-bond donors (Lipinski definition) is 1. The maximum Gasteiger partial charge on any atom is 0.354 e. The first kappa shape index (κ1) is 11.2. The second-order valence-corrected chi connectivity index (χ2v) is 4.93. The van der Waals surface area contributed by atoms with Gasteiger partial charge in [0.15, 0.2) is 0 Å². The smallest absolute Gasteiger partial charge is 0.354 e. The molecule has 16 heavy (non-hydrogen) atoms. The Hall–Kier alpha value is -1.33. The van der Waals surface area contributed by atoms with Crippen LogP contribution in [0.5, 0.6) is 0 Å². The zero-order chi connectivity index (χ0) is 11.4. The second kappa shape index (κ2) is 5.14. The SMILES string of the molecule is O=C(O)c1cc(SCc2ccsc2)ccn1. The molecule has 2 aromatic rings. The molecular formula is C11H9NO2S2. The molecule has 2 aromatic heterocycles. The lowest BCUT2D eigenvalue weighted by atomic mass is 10.3. The fraction of sp³-hybridized carbons (Fsp3) is 0.0909. The van der Waals surface area contributed by atoms with Crippen molar-refractivity contribution < 1.29 is 9.90 Å². The van der Waals surface area contributed by atoms with Crippen LogP contribution in [0.3, 0.4) is 0 Å². The first-order chi connectivity index (χ1) is 7.75. The third kappa shape index (κ3) is 2.84. The van der Waals surface area contributed by atoms with Crippen LogP contribution in [0.15, 0.2) is 40.1 Å². The van der Waals surface area contributed by atoms with E-state index >= 15 is 0 Å². The van der Waals surface area contributed by atoms with E-state index in [1.54, 1.807) is 29.2 Å². The number of aromatic carboxylic acids is 1. The first-order valence-electron chi connectivity index (χ1n) is 4.59. The van der Waals surface area contributed by atoms with Gasteiger partial charge in [-0.1, -0.05) is 0 Å². The number of hydrogen-bond acceptors (Lipinski definition) is 4. The molecule has 5 heteroatoms. The van der Waals surface area contributed by atoms with Gasteiger partial charge in [-0.3, -0.25) is 0 Å². The molecule has 2 rings (SSSR count). The van der Waals surface area contributed by atoms with Crippen LogP contribution in [-0.4, -0.2) is 16.1 Å². The van der Waals surface area contributed by atoms with Gasteiger partial charge in [0, 0.05) is 16.8 Å². The van der Waals surface area contributed by atoms with Gasteiger partial charge >= 0.3 is 5.97 Å². The standard InChI is InChI=1S/C11H9NO2S2/c13-11(14)10-5-9(1-3-12-10)16-7-8-2-4-15-6-8/h1-6H,7H2,(H,13,14). The summed E-state index contributed by atoms with van der Waals surface area (Å²) < 4.78 is 0. The van der Waals surface area contributed by atoms with Crippen molar-refractivity contribution in [2.75, 3.05) is 0 Å². The van der Waals surface area contributed by atoms with Gasteiger partial charge in [0.1, 0.15) is 5.69 Å². The molecule has 82 valence electrons. The van der Waals surface area contributed by atoms with E-state index in [-0.39, 0.29) is 5.69 Å². The van der Waals surface area contributed by atoms with E-state index in [2.05, 4.69) is 16.4 Å². The molecule has 2 heterocycles. The highest BCUT2D eigenvalue weighted by Crippen LogP contribution is 2.23. The summed E-state index contributed by atoms with van der Waals surface area (Å²) in [5.41, 5.74) is 1.35. The van der Waals surface area contributed by atoms with Crippen molar-refractivity contribution >= 4 is 29.1 Å². The van der Waals surface area contributed by atoms with Gasteiger partial charge in [0.2, 0.25) is 0 Å². The molecule has 0 aliphatic rings. The highest BCUT2D eigenvalue weighted by molar-refractivity contribution is 7.98. The molecule has 0 radical (unpaired) electrons. The third-order valence-electron chi connectivity index (χ3n) is 1.94. The van der Waals surface area contributed by atoms with Gasteiger partial charge in [0.25, 0.3) is 0 Å². The number of carboxylic acids is 1. The number of carboxylic acid groups (broad SMARTS) is 1. The van der Waals surface area contributed by atoms with E-state index in [0.717, 1.165) is 10.6 Å². The summed E-state index contributed by atoms with van der Waals surface area (Å²) in [4.78, 5) is 15.4. The summed E-state index contributed by atoms with van der Waals surface area (Å²) in [5, 5.41) is 12.9. The quantitative estimate of drug-likeness (QED) is 0.848. The summed E-state index contributed by atoms with van der Waals surface area (Å²) in [6.45, 7) is 0. The maximum absolute atomic E-state index is 10.7.